The Labute approximate surface area is 262 Å². The van der Waals surface area contributed by atoms with Gasteiger partial charge in [-0.1, -0.05) is 37.8 Å². The molecule has 0 bridgehead atoms. The number of aliphatic hydroxyl groups is 2. The number of H-pyrrole nitrogens is 1. The van der Waals surface area contributed by atoms with E-state index in [9.17, 15) is 15.3 Å². The number of dihydropyridines is 1. The normalized spacial score (nSPS) is 22.0. The highest BCUT2D eigenvalue weighted by molar-refractivity contribution is 5.42. The number of allylic oxidation sites excluding steroid dienone is 2. The van der Waals surface area contributed by atoms with Crippen molar-refractivity contribution in [1.82, 2.24) is 10.3 Å². The molecule has 1 aliphatic carbocycles. The molecule has 2 aliphatic rings. The Hall–Kier alpha value is -3.38. The molecule has 1 aromatic heterocycles. The zero-order valence-electron chi connectivity index (χ0n) is 26.1. The Balaban J connectivity index is 1.37. The van der Waals surface area contributed by atoms with Crippen molar-refractivity contribution >= 4 is 0 Å². The quantitative estimate of drug-likeness (QED) is 0.158. The van der Waals surface area contributed by atoms with Crippen molar-refractivity contribution in [3.8, 4) is 23.3 Å². The van der Waals surface area contributed by atoms with Gasteiger partial charge in [0.1, 0.15) is 0 Å². The Bertz CT molecular complexity index is 1260. The summed E-state index contributed by atoms with van der Waals surface area (Å²) < 4.78 is 12.2. The van der Waals surface area contributed by atoms with Crippen LogP contribution in [0.15, 0.2) is 60.1 Å². The minimum absolute atomic E-state index is 0.0363. The topological polar surface area (TPSA) is 133 Å². The SMILES string of the molecule is CC[C@H]1C#CC[C@H]([C@H](O)CCc2ccc(O)c(OCC[C@H](Cc3ccc[nH]3)C3=CCNC(N)=C3)c2)[C@@H](OCCO)CCCC1. The molecule has 2 heterocycles. The molecule has 5 atom stereocenters. The van der Waals surface area contributed by atoms with Crippen molar-refractivity contribution in [3.05, 3.63) is 71.3 Å². The number of aromatic nitrogens is 1. The number of benzene rings is 1. The second-order valence-corrected chi connectivity index (χ2v) is 12.0. The summed E-state index contributed by atoms with van der Waals surface area (Å²) in [5.74, 6) is 8.49. The van der Waals surface area contributed by atoms with Gasteiger partial charge in [-0.2, -0.15) is 0 Å². The molecule has 0 radical (unpaired) electrons. The average molecular weight is 606 g/mol. The van der Waals surface area contributed by atoms with Crippen LogP contribution >= 0.6 is 0 Å². The molecule has 0 amide bonds. The molecule has 0 unspecified atom stereocenters. The predicted octanol–water partition coefficient (Wildman–Crippen LogP) is 4.96. The van der Waals surface area contributed by atoms with Crippen molar-refractivity contribution in [2.75, 3.05) is 26.4 Å². The van der Waals surface area contributed by atoms with Crippen LogP contribution in [0.2, 0.25) is 0 Å². The molecule has 0 fully saturated rings. The van der Waals surface area contributed by atoms with Crippen LogP contribution in [-0.2, 0) is 17.6 Å². The van der Waals surface area contributed by atoms with Crippen LogP contribution < -0.4 is 15.8 Å². The molecule has 4 rings (SSSR count). The van der Waals surface area contributed by atoms with Crippen LogP contribution in [0.4, 0.5) is 0 Å². The van der Waals surface area contributed by atoms with Crippen molar-refractivity contribution < 1.29 is 24.8 Å². The van der Waals surface area contributed by atoms with Gasteiger partial charge in [0.25, 0.3) is 0 Å². The highest BCUT2D eigenvalue weighted by atomic mass is 16.5. The molecule has 0 saturated heterocycles. The summed E-state index contributed by atoms with van der Waals surface area (Å²) in [5.41, 5.74) is 9.38. The molecular weight excluding hydrogens is 554 g/mol. The van der Waals surface area contributed by atoms with E-state index >= 15 is 0 Å². The van der Waals surface area contributed by atoms with Crippen LogP contribution in [0.5, 0.6) is 11.5 Å². The number of rotatable bonds is 15. The fourth-order valence-electron chi connectivity index (χ4n) is 6.25. The molecule has 8 nitrogen and oxygen atoms in total. The van der Waals surface area contributed by atoms with Crippen LogP contribution in [0.1, 0.15) is 69.5 Å². The van der Waals surface area contributed by atoms with Crippen molar-refractivity contribution in [3.63, 3.8) is 0 Å². The minimum atomic E-state index is -0.599. The number of aromatic hydroxyl groups is 1. The number of hydrogen-bond acceptors (Lipinski definition) is 7. The molecular formula is C36H51N3O5. The summed E-state index contributed by atoms with van der Waals surface area (Å²) in [7, 11) is 0. The van der Waals surface area contributed by atoms with Crippen molar-refractivity contribution in [1.29, 1.82) is 0 Å². The molecule has 240 valence electrons. The van der Waals surface area contributed by atoms with Gasteiger partial charge in [-0.15, -0.1) is 5.92 Å². The number of hydrogen-bond donors (Lipinski definition) is 6. The van der Waals surface area contributed by atoms with Crippen molar-refractivity contribution in [2.45, 2.75) is 83.3 Å². The number of aromatic amines is 1. The summed E-state index contributed by atoms with van der Waals surface area (Å²) >= 11 is 0. The standard InChI is InChI=1S/C36H51N3O5/c1-2-26-7-3-4-11-34(44-22-20-40)31(10-5-8-26)32(41)14-12-27-13-15-33(42)35(23-27)43-21-17-29(24-30-9-6-18-38-30)28-16-19-39-36(37)25-28/h6,9,13,15-16,18,23,25-26,29,31-32,34,38-42H,2-4,7,10-12,14,17,19-22,24,37H2,1H3/t26-,29-,31-,32-,34+/m1/s1. The van der Waals surface area contributed by atoms with Gasteiger partial charge in [-0.25, -0.2) is 0 Å². The van der Waals surface area contributed by atoms with Crippen LogP contribution in [0.25, 0.3) is 0 Å². The van der Waals surface area contributed by atoms with E-state index in [1.54, 1.807) is 6.07 Å². The lowest BCUT2D eigenvalue weighted by molar-refractivity contribution is -0.0515. The van der Waals surface area contributed by atoms with Gasteiger partial charge in [-0.05, 0) is 92.3 Å². The van der Waals surface area contributed by atoms with Gasteiger partial charge in [0.2, 0.25) is 0 Å². The van der Waals surface area contributed by atoms with Gasteiger partial charge in [-0.3, -0.25) is 0 Å². The highest BCUT2D eigenvalue weighted by Gasteiger charge is 2.29. The zero-order valence-corrected chi connectivity index (χ0v) is 26.1. The lowest BCUT2D eigenvalue weighted by Gasteiger charge is -2.30. The van der Waals surface area contributed by atoms with E-state index in [1.807, 2.05) is 30.5 Å². The van der Waals surface area contributed by atoms with E-state index in [0.717, 1.165) is 56.2 Å². The third-order valence-electron chi connectivity index (χ3n) is 8.87. The van der Waals surface area contributed by atoms with E-state index in [-0.39, 0.29) is 36.9 Å². The predicted molar refractivity (Wildman–Crippen MR) is 174 cm³/mol. The molecule has 1 aromatic carbocycles. The summed E-state index contributed by atoms with van der Waals surface area (Å²) in [6.45, 7) is 3.55. The van der Waals surface area contributed by atoms with Crippen LogP contribution in [0, 0.1) is 29.6 Å². The largest absolute Gasteiger partial charge is 0.504 e. The van der Waals surface area contributed by atoms with E-state index < -0.39 is 6.10 Å². The molecule has 7 N–H and O–H groups in total. The van der Waals surface area contributed by atoms with Crippen LogP contribution in [-0.4, -0.2) is 58.9 Å². The Morgan fingerprint density at radius 3 is 2.77 bits per heavy atom. The first-order chi connectivity index (χ1) is 21.5. The highest BCUT2D eigenvalue weighted by Crippen LogP contribution is 2.31. The summed E-state index contributed by atoms with van der Waals surface area (Å²) in [4.78, 5) is 3.30. The number of ether oxygens (including phenoxy) is 2. The first kappa shape index (κ1) is 33.5. The van der Waals surface area contributed by atoms with Gasteiger partial charge < -0.3 is 40.8 Å². The molecule has 0 spiro atoms. The second kappa shape index (κ2) is 17.8. The van der Waals surface area contributed by atoms with E-state index in [1.165, 1.54) is 5.57 Å². The first-order valence-electron chi connectivity index (χ1n) is 16.3. The number of nitrogens with two attached hydrogens (primary N) is 1. The lowest BCUT2D eigenvalue weighted by atomic mass is 9.85. The maximum Gasteiger partial charge on any atom is 0.161 e. The number of phenolic OH excluding ortho intramolecular Hbond substituents is 1. The Morgan fingerprint density at radius 1 is 1.14 bits per heavy atom. The summed E-state index contributed by atoms with van der Waals surface area (Å²) in [5, 5.41) is 34.4. The Morgan fingerprint density at radius 2 is 2.00 bits per heavy atom. The fraction of sp³-hybridized carbons (Fsp3) is 0.556. The van der Waals surface area contributed by atoms with Gasteiger partial charge >= 0.3 is 0 Å². The van der Waals surface area contributed by atoms with Gasteiger partial charge in [0.15, 0.2) is 11.5 Å². The van der Waals surface area contributed by atoms with Gasteiger partial charge in [0.05, 0.1) is 37.8 Å². The number of phenols is 1. The zero-order chi connectivity index (χ0) is 31.1. The fourth-order valence-corrected chi connectivity index (χ4v) is 6.25. The van der Waals surface area contributed by atoms with E-state index in [4.69, 9.17) is 15.2 Å². The van der Waals surface area contributed by atoms with Crippen molar-refractivity contribution in [2.24, 2.45) is 23.5 Å². The number of aryl methyl sites for hydroxylation is 1. The smallest absolute Gasteiger partial charge is 0.161 e. The molecule has 8 heteroatoms. The molecule has 2 aromatic rings. The third kappa shape index (κ3) is 10.4. The lowest BCUT2D eigenvalue weighted by Crippen LogP contribution is -2.35. The van der Waals surface area contributed by atoms with Gasteiger partial charge in [0, 0.05) is 36.7 Å². The molecule has 1 aliphatic heterocycles. The van der Waals surface area contributed by atoms with Crippen LogP contribution in [0.3, 0.4) is 0 Å². The second-order valence-electron chi connectivity index (χ2n) is 12.0. The minimum Gasteiger partial charge on any atom is -0.504 e. The maximum atomic E-state index is 11.4. The summed E-state index contributed by atoms with van der Waals surface area (Å²) in [6, 6.07) is 9.51. The average Bonchev–Trinajstić information content (AvgIpc) is 3.55. The molecule has 44 heavy (non-hydrogen) atoms. The van der Waals surface area contributed by atoms with E-state index in [0.29, 0.717) is 49.9 Å². The van der Waals surface area contributed by atoms with E-state index in [2.05, 4.69) is 41.2 Å². The number of nitrogens with one attached hydrogen (secondary N) is 2. The Kier molecular flexibility index (Phi) is 13.6. The maximum absolute atomic E-state index is 11.4. The monoisotopic (exact) mass is 605 g/mol. The number of aliphatic hydroxyl groups excluding tert-OH is 2. The first-order valence-corrected chi connectivity index (χ1v) is 16.3. The third-order valence-corrected chi connectivity index (χ3v) is 8.87. The molecule has 0 saturated carbocycles. The summed E-state index contributed by atoms with van der Waals surface area (Å²) in [6.07, 6.45) is 13.8.